The van der Waals surface area contributed by atoms with Gasteiger partial charge in [0, 0.05) is 12.1 Å². The summed E-state index contributed by atoms with van der Waals surface area (Å²) < 4.78 is 39.1. The summed E-state index contributed by atoms with van der Waals surface area (Å²) in [4.78, 5) is 24.5. The van der Waals surface area contributed by atoms with Gasteiger partial charge in [0.05, 0.1) is 15.4 Å². The van der Waals surface area contributed by atoms with Crippen LogP contribution in [0.4, 0.5) is 30.2 Å². The van der Waals surface area contributed by atoms with Crippen molar-refractivity contribution < 1.29 is 23.0 Å². The maximum Gasteiger partial charge on any atom is 0.418 e. The lowest BCUT2D eigenvalue weighted by atomic mass is 10.1. The van der Waals surface area contributed by atoms with E-state index < -0.39 is 50.3 Å². The van der Waals surface area contributed by atoms with Gasteiger partial charge in [-0.15, -0.1) is 0 Å². The van der Waals surface area contributed by atoms with Crippen molar-refractivity contribution in [3.63, 3.8) is 0 Å². The normalized spacial score (nSPS) is 14.8. The molecule has 0 bridgehead atoms. The fraction of sp³-hybridized carbons (Fsp3) is 0.182. The monoisotopic (exact) mass is 399 g/mol. The van der Waals surface area contributed by atoms with E-state index in [1.165, 1.54) is 0 Å². The number of rotatable bonds is 3. The van der Waals surface area contributed by atoms with Gasteiger partial charge in [-0.05, 0) is 0 Å². The minimum Gasteiger partial charge on any atom is -0.384 e. The Balaban J connectivity index is 2.87. The summed E-state index contributed by atoms with van der Waals surface area (Å²) in [5.41, 5.74) is 0.335. The maximum absolute atomic E-state index is 13.0. The molecular formula is C11H6Cl2F3N5O4. The van der Waals surface area contributed by atoms with E-state index in [0.29, 0.717) is 0 Å². The molecular weight excluding hydrogens is 394 g/mol. The van der Waals surface area contributed by atoms with Gasteiger partial charge in [-0.2, -0.15) is 13.2 Å². The Kier molecular flexibility index (Phi) is 4.77. The van der Waals surface area contributed by atoms with E-state index in [9.17, 15) is 33.4 Å². The summed E-state index contributed by atoms with van der Waals surface area (Å²) in [5, 5.41) is 20.9. The molecule has 0 amide bonds. The third-order valence-electron chi connectivity index (χ3n) is 3.07. The Bertz CT molecular complexity index is 840. The molecule has 0 aromatic heterocycles. The maximum atomic E-state index is 13.0. The quantitative estimate of drug-likeness (QED) is 0.471. The second kappa shape index (κ2) is 6.37. The number of nitro groups is 2. The molecule has 0 atom stereocenters. The van der Waals surface area contributed by atoms with Crippen LogP contribution in [0.1, 0.15) is 5.56 Å². The van der Waals surface area contributed by atoms with Gasteiger partial charge >= 0.3 is 17.6 Å². The number of hydrogen-bond donors (Lipinski definition) is 1. The van der Waals surface area contributed by atoms with Crippen LogP contribution in [0.3, 0.4) is 0 Å². The highest BCUT2D eigenvalue weighted by molar-refractivity contribution is 6.35. The van der Waals surface area contributed by atoms with Crippen molar-refractivity contribution in [3.8, 4) is 0 Å². The van der Waals surface area contributed by atoms with Crippen molar-refractivity contribution in [1.82, 2.24) is 0 Å². The van der Waals surface area contributed by atoms with Crippen molar-refractivity contribution in [2.45, 2.75) is 6.18 Å². The van der Waals surface area contributed by atoms with Crippen LogP contribution in [0.15, 0.2) is 22.3 Å². The molecule has 14 heteroatoms. The number of halogens is 5. The minimum atomic E-state index is -5.14. The standard InChI is InChI=1S/C11H6Cl2F3N5O4/c12-6-2-7(17)18-3-19(6)9-5(20(22)23)1-4(11(14,15)16)8(13)10(9)21(24)25/h1-2H,3H2,(H2,17,18). The van der Waals surface area contributed by atoms with Crippen molar-refractivity contribution in [2.24, 2.45) is 10.7 Å². The summed E-state index contributed by atoms with van der Waals surface area (Å²) in [7, 11) is 0. The molecule has 2 rings (SSSR count). The predicted molar refractivity (Wildman–Crippen MR) is 82.7 cm³/mol. The Labute approximate surface area is 146 Å². The second-order valence-corrected chi connectivity index (χ2v) is 5.35. The highest BCUT2D eigenvalue weighted by atomic mass is 35.5. The molecule has 9 nitrogen and oxygen atoms in total. The first-order chi connectivity index (χ1) is 11.4. The van der Waals surface area contributed by atoms with E-state index in [-0.39, 0.29) is 17.1 Å². The number of anilines is 1. The van der Waals surface area contributed by atoms with Gasteiger partial charge in [0.25, 0.3) is 0 Å². The molecule has 1 heterocycles. The molecule has 1 aromatic rings. The van der Waals surface area contributed by atoms with Crippen LogP contribution in [0.2, 0.25) is 5.02 Å². The molecule has 0 aliphatic carbocycles. The summed E-state index contributed by atoms with van der Waals surface area (Å²) in [6.45, 7) is -0.482. The third kappa shape index (κ3) is 3.44. The molecule has 2 N–H and O–H groups in total. The molecule has 0 unspecified atom stereocenters. The molecule has 0 saturated heterocycles. The van der Waals surface area contributed by atoms with Crippen LogP contribution in [0.5, 0.6) is 0 Å². The molecule has 1 aliphatic heterocycles. The van der Waals surface area contributed by atoms with Crippen LogP contribution >= 0.6 is 23.2 Å². The average molecular weight is 400 g/mol. The van der Waals surface area contributed by atoms with Gasteiger partial charge in [-0.1, -0.05) is 23.2 Å². The Morgan fingerprint density at radius 2 is 1.84 bits per heavy atom. The van der Waals surface area contributed by atoms with Gasteiger partial charge in [0.2, 0.25) is 5.69 Å². The molecule has 0 spiro atoms. The van der Waals surface area contributed by atoms with Gasteiger partial charge < -0.3 is 10.6 Å². The number of alkyl halides is 3. The van der Waals surface area contributed by atoms with Crippen molar-refractivity contribution in [3.05, 3.63) is 48.1 Å². The molecule has 25 heavy (non-hydrogen) atoms. The Morgan fingerprint density at radius 1 is 1.24 bits per heavy atom. The zero-order valence-corrected chi connectivity index (χ0v) is 13.3. The number of nitrogens with two attached hydrogens (primary N) is 1. The predicted octanol–water partition coefficient (Wildman–Crippen LogP) is 3.39. The zero-order chi connectivity index (χ0) is 19.1. The first kappa shape index (κ1) is 18.7. The zero-order valence-electron chi connectivity index (χ0n) is 11.8. The number of aliphatic imine (C=N–C) groups is 1. The first-order valence-corrected chi connectivity index (χ1v) is 6.88. The number of amidine groups is 1. The highest BCUT2D eigenvalue weighted by Gasteiger charge is 2.44. The first-order valence-electron chi connectivity index (χ1n) is 6.12. The SMILES string of the molecule is NC1=NCN(c2c([N+](=O)[O-])cc(C(F)(F)F)c(Cl)c2[N+](=O)[O-])C(Cl)=C1. The van der Waals surface area contributed by atoms with Gasteiger partial charge in [-0.25, -0.2) is 4.99 Å². The minimum absolute atomic E-state index is 0.0652. The fourth-order valence-electron chi connectivity index (χ4n) is 2.04. The second-order valence-electron chi connectivity index (χ2n) is 4.59. The lowest BCUT2D eigenvalue weighted by Crippen LogP contribution is -2.29. The molecule has 0 radical (unpaired) electrons. The smallest absolute Gasteiger partial charge is 0.384 e. The van der Waals surface area contributed by atoms with E-state index in [1.54, 1.807) is 0 Å². The van der Waals surface area contributed by atoms with Crippen LogP contribution in [0, 0.1) is 20.2 Å². The van der Waals surface area contributed by atoms with Gasteiger partial charge in [0.15, 0.2) is 0 Å². The number of hydrogen-bond acceptors (Lipinski definition) is 7. The summed E-state index contributed by atoms with van der Waals surface area (Å²) >= 11 is 11.4. The van der Waals surface area contributed by atoms with Crippen LogP contribution in [0.25, 0.3) is 0 Å². The Morgan fingerprint density at radius 3 is 2.28 bits per heavy atom. The largest absolute Gasteiger partial charge is 0.418 e. The topological polar surface area (TPSA) is 128 Å². The van der Waals surface area contributed by atoms with Crippen molar-refractivity contribution in [1.29, 1.82) is 0 Å². The molecule has 0 saturated carbocycles. The number of nitrogens with zero attached hydrogens (tertiary/aromatic N) is 4. The number of benzene rings is 1. The Hall–Kier alpha value is -2.60. The van der Waals surface area contributed by atoms with Gasteiger partial charge in [-0.3, -0.25) is 20.2 Å². The van der Waals surface area contributed by atoms with Crippen LogP contribution in [-0.4, -0.2) is 22.4 Å². The third-order valence-corrected chi connectivity index (χ3v) is 3.76. The van der Waals surface area contributed by atoms with E-state index in [2.05, 4.69) is 4.99 Å². The summed E-state index contributed by atoms with van der Waals surface area (Å²) in [5.74, 6) is -0.0652. The lowest BCUT2D eigenvalue weighted by Gasteiger charge is -2.25. The highest BCUT2D eigenvalue weighted by Crippen LogP contribution is 2.50. The fourth-order valence-corrected chi connectivity index (χ4v) is 2.61. The molecule has 0 fully saturated rings. The van der Waals surface area contributed by atoms with Gasteiger partial charge in [0.1, 0.15) is 22.7 Å². The van der Waals surface area contributed by atoms with Crippen molar-refractivity contribution in [2.75, 3.05) is 11.6 Å². The van der Waals surface area contributed by atoms with Crippen LogP contribution in [-0.2, 0) is 6.18 Å². The molecule has 134 valence electrons. The molecule has 1 aromatic carbocycles. The van der Waals surface area contributed by atoms with E-state index in [4.69, 9.17) is 28.9 Å². The lowest BCUT2D eigenvalue weighted by molar-refractivity contribution is -0.392. The van der Waals surface area contributed by atoms with E-state index in [0.717, 1.165) is 11.0 Å². The van der Waals surface area contributed by atoms with Crippen molar-refractivity contribution >= 4 is 46.1 Å². The average Bonchev–Trinajstić information content (AvgIpc) is 2.44. The van der Waals surface area contributed by atoms with E-state index in [1.807, 2.05) is 0 Å². The summed E-state index contributed by atoms with van der Waals surface area (Å²) in [6.07, 6.45) is -4.11. The number of nitro benzene ring substituents is 2. The van der Waals surface area contributed by atoms with E-state index >= 15 is 0 Å². The molecule has 1 aliphatic rings. The summed E-state index contributed by atoms with van der Waals surface area (Å²) in [6, 6.07) is 0.108. The van der Waals surface area contributed by atoms with Crippen LogP contribution < -0.4 is 10.6 Å².